The Labute approximate surface area is 162 Å². The van der Waals surface area contributed by atoms with Gasteiger partial charge in [-0.05, 0) is 68.3 Å². The van der Waals surface area contributed by atoms with Crippen LogP contribution >= 0.6 is 11.8 Å². The molecule has 0 saturated carbocycles. The smallest absolute Gasteiger partial charge is 0.223 e. The Balaban J connectivity index is 1.53. The summed E-state index contributed by atoms with van der Waals surface area (Å²) in [6, 6.07) is 8.06. The van der Waals surface area contributed by atoms with Gasteiger partial charge in [0.25, 0.3) is 0 Å². The van der Waals surface area contributed by atoms with Crippen molar-refractivity contribution in [2.45, 2.75) is 44.4 Å². The van der Waals surface area contributed by atoms with Crippen LogP contribution in [0, 0.1) is 5.41 Å². The van der Waals surface area contributed by atoms with E-state index in [0.29, 0.717) is 12.5 Å². The topological polar surface area (TPSA) is 32.8 Å². The van der Waals surface area contributed by atoms with E-state index in [4.69, 9.17) is 4.74 Å². The monoisotopic (exact) mass is 376 g/mol. The first kappa shape index (κ1) is 19.6. The van der Waals surface area contributed by atoms with Crippen molar-refractivity contribution in [1.29, 1.82) is 0 Å². The molecule has 26 heavy (non-hydrogen) atoms. The van der Waals surface area contributed by atoms with Crippen molar-refractivity contribution in [2.75, 3.05) is 39.5 Å². The lowest BCUT2D eigenvalue weighted by Crippen LogP contribution is -2.42. The van der Waals surface area contributed by atoms with Gasteiger partial charge < -0.3 is 14.5 Å². The third-order valence-electron chi connectivity index (χ3n) is 6.08. The predicted octanol–water partition coefficient (Wildman–Crippen LogP) is 3.65. The SMILES string of the molecule is COc1cccc(CN2CC3(CCN(CC[C@H](C)SC)CC3)CC2=O)c1. The van der Waals surface area contributed by atoms with Gasteiger partial charge in [-0.2, -0.15) is 11.8 Å². The maximum atomic E-state index is 12.6. The molecular formula is C21H32N2O2S. The molecule has 2 saturated heterocycles. The van der Waals surface area contributed by atoms with Gasteiger partial charge in [0.15, 0.2) is 0 Å². The average molecular weight is 377 g/mol. The molecule has 1 amide bonds. The molecule has 1 atom stereocenters. The lowest BCUT2D eigenvalue weighted by Gasteiger charge is -2.39. The van der Waals surface area contributed by atoms with Gasteiger partial charge in [0.05, 0.1) is 7.11 Å². The maximum Gasteiger partial charge on any atom is 0.223 e. The van der Waals surface area contributed by atoms with E-state index in [1.165, 1.54) is 13.0 Å². The number of ether oxygens (including phenoxy) is 1. The molecule has 1 aromatic carbocycles. The molecule has 2 aliphatic rings. The van der Waals surface area contributed by atoms with Crippen LogP contribution in [0.4, 0.5) is 0 Å². The molecule has 0 aliphatic carbocycles. The molecule has 0 bridgehead atoms. The maximum absolute atomic E-state index is 12.6. The van der Waals surface area contributed by atoms with Crippen LogP contribution < -0.4 is 4.74 Å². The Morgan fingerprint density at radius 2 is 2.08 bits per heavy atom. The van der Waals surface area contributed by atoms with Crippen LogP contribution in [-0.2, 0) is 11.3 Å². The normalized spacial score (nSPS) is 21.3. The summed E-state index contributed by atoms with van der Waals surface area (Å²) in [5, 5.41) is 0.734. The van der Waals surface area contributed by atoms with Crippen molar-refractivity contribution in [3.05, 3.63) is 29.8 Å². The fourth-order valence-electron chi connectivity index (χ4n) is 4.18. The number of methoxy groups -OCH3 is 1. The number of piperidine rings is 1. The first-order valence-corrected chi connectivity index (χ1v) is 11.0. The molecule has 0 aromatic heterocycles. The van der Waals surface area contributed by atoms with Crippen LogP contribution in [0.15, 0.2) is 24.3 Å². The third kappa shape index (κ3) is 4.74. The summed E-state index contributed by atoms with van der Waals surface area (Å²) in [7, 11) is 1.68. The minimum absolute atomic E-state index is 0.206. The molecule has 2 fully saturated rings. The van der Waals surface area contributed by atoms with Gasteiger partial charge in [0.2, 0.25) is 5.91 Å². The number of rotatable bonds is 7. The predicted molar refractivity (Wildman–Crippen MR) is 109 cm³/mol. The Hall–Kier alpha value is -1.20. The number of hydrogen-bond donors (Lipinski definition) is 0. The van der Waals surface area contributed by atoms with Crippen LogP contribution in [0.2, 0.25) is 0 Å². The molecule has 3 rings (SSSR count). The van der Waals surface area contributed by atoms with Crippen molar-refractivity contribution in [2.24, 2.45) is 5.41 Å². The van der Waals surface area contributed by atoms with Gasteiger partial charge in [-0.15, -0.1) is 0 Å². The van der Waals surface area contributed by atoms with Crippen molar-refractivity contribution >= 4 is 17.7 Å². The van der Waals surface area contributed by atoms with Crippen LogP contribution in [0.25, 0.3) is 0 Å². The van der Waals surface area contributed by atoms with Crippen LogP contribution in [0.5, 0.6) is 5.75 Å². The summed E-state index contributed by atoms with van der Waals surface area (Å²) in [6.45, 7) is 7.40. The Morgan fingerprint density at radius 3 is 2.77 bits per heavy atom. The molecule has 1 aromatic rings. The first-order chi connectivity index (χ1) is 12.5. The highest BCUT2D eigenvalue weighted by Gasteiger charge is 2.44. The minimum atomic E-state index is 0.206. The zero-order valence-corrected chi connectivity index (χ0v) is 17.2. The summed E-state index contributed by atoms with van der Waals surface area (Å²) in [6.07, 6.45) is 6.49. The molecule has 4 nitrogen and oxygen atoms in total. The van der Waals surface area contributed by atoms with Gasteiger partial charge in [0, 0.05) is 24.8 Å². The molecule has 0 radical (unpaired) electrons. The van der Waals surface area contributed by atoms with Gasteiger partial charge in [-0.25, -0.2) is 0 Å². The first-order valence-electron chi connectivity index (χ1n) is 9.69. The number of likely N-dealkylation sites (tertiary alicyclic amines) is 2. The van der Waals surface area contributed by atoms with Crippen molar-refractivity contribution in [3.63, 3.8) is 0 Å². The van der Waals surface area contributed by atoms with E-state index in [-0.39, 0.29) is 5.41 Å². The summed E-state index contributed by atoms with van der Waals surface area (Å²) >= 11 is 1.95. The van der Waals surface area contributed by atoms with E-state index in [9.17, 15) is 4.79 Å². The van der Waals surface area contributed by atoms with Crippen LogP contribution in [0.3, 0.4) is 0 Å². The zero-order chi connectivity index (χ0) is 18.6. The molecule has 0 N–H and O–H groups in total. The highest BCUT2D eigenvalue weighted by molar-refractivity contribution is 7.99. The van der Waals surface area contributed by atoms with E-state index in [2.05, 4.69) is 29.0 Å². The van der Waals surface area contributed by atoms with E-state index < -0.39 is 0 Å². The second kappa shape index (κ2) is 8.66. The lowest BCUT2D eigenvalue weighted by atomic mass is 9.77. The molecule has 5 heteroatoms. The number of carbonyl (C=O) groups excluding carboxylic acids is 1. The summed E-state index contributed by atoms with van der Waals surface area (Å²) in [5.41, 5.74) is 1.36. The zero-order valence-electron chi connectivity index (χ0n) is 16.4. The number of nitrogens with zero attached hydrogens (tertiary/aromatic N) is 2. The molecule has 2 heterocycles. The third-order valence-corrected chi connectivity index (χ3v) is 7.12. The number of amides is 1. The van der Waals surface area contributed by atoms with E-state index in [1.807, 2.05) is 30.0 Å². The van der Waals surface area contributed by atoms with E-state index in [1.54, 1.807) is 7.11 Å². The highest BCUT2D eigenvalue weighted by Crippen LogP contribution is 2.41. The quantitative estimate of drug-likeness (QED) is 0.727. The van der Waals surface area contributed by atoms with Crippen molar-refractivity contribution in [1.82, 2.24) is 9.80 Å². The van der Waals surface area contributed by atoms with Crippen LogP contribution in [0.1, 0.15) is 38.2 Å². The second-order valence-electron chi connectivity index (χ2n) is 7.95. The number of benzene rings is 1. The fourth-order valence-corrected chi connectivity index (χ4v) is 4.53. The number of thioether (sulfide) groups is 1. The van der Waals surface area contributed by atoms with E-state index in [0.717, 1.165) is 55.5 Å². The fraction of sp³-hybridized carbons (Fsp3) is 0.667. The summed E-state index contributed by atoms with van der Waals surface area (Å²) < 4.78 is 5.31. The van der Waals surface area contributed by atoms with Crippen LogP contribution in [-0.4, -0.2) is 60.5 Å². The minimum Gasteiger partial charge on any atom is -0.497 e. The largest absolute Gasteiger partial charge is 0.497 e. The number of hydrogen-bond acceptors (Lipinski definition) is 4. The van der Waals surface area contributed by atoms with Gasteiger partial charge in [-0.3, -0.25) is 4.79 Å². The van der Waals surface area contributed by atoms with Gasteiger partial charge in [-0.1, -0.05) is 19.1 Å². The second-order valence-corrected chi connectivity index (χ2v) is 9.23. The highest BCUT2D eigenvalue weighted by atomic mass is 32.2. The van der Waals surface area contributed by atoms with Gasteiger partial charge >= 0.3 is 0 Å². The standard InChI is InChI=1S/C21H32N2O2S/c1-17(26-3)7-10-22-11-8-21(9-12-22)14-20(24)23(16-21)15-18-5-4-6-19(13-18)25-2/h4-6,13,17H,7-12,14-16H2,1-3H3/t17-/m0/s1. The molecule has 144 valence electrons. The Kier molecular flexibility index (Phi) is 6.51. The van der Waals surface area contributed by atoms with Crippen molar-refractivity contribution < 1.29 is 9.53 Å². The average Bonchev–Trinajstić information content (AvgIpc) is 2.96. The lowest BCUT2D eigenvalue weighted by molar-refractivity contribution is -0.128. The summed E-state index contributed by atoms with van der Waals surface area (Å²) in [5.74, 6) is 1.17. The molecular weight excluding hydrogens is 344 g/mol. The summed E-state index contributed by atoms with van der Waals surface area (Å²) in [4.78, 5) is 17.3. The Bertz CT molecular complexity index is 614. The van der Waals surface area contributed by atoms with Crippen molar-refractivity contribution in [3.8, 4) is 5.75 Å². The Morgan fingerprint density at radius 1 is 1.31 bits per heavy atom. The molecule has 1 spiro atoms. The molecule has 0 unspecified atom stereocenters. The molecule has 2 aliphatic heterocycles. The number of carbonyl (C=O) groups is 1. The van der Waals surface area contributed by atoms with Gasteiger partial charge in [0.1, 0.15) is 5.75 Å². The van der Waals surface area contributed by atoms with E-state index >= 15 is 0 Å².